The van der Waals surface area contributed by atoms with Crippen molar-refractivity contribution in [3.05, 3.63) is 22.1 Å². The predicted octanol–water partition coefficient (Wildman–Crippen LogP) is -0.407. The molecule has 0 radical (unpaired) electrons. The van der Waals surface area contributed by atoms with Gasteiger partial charge in [-0.2, -0.15) is 4.98 Å². The summed E-state index contributed by atoms with van der Waals surface area (Å²) in [6.45, 7) is 2.25. The van der Waals surface area contributed by atoms with Crippen LogP contribution < -0.4 is 11.3 Å². The van der Waals surface area contributed by atoms with E-state index >= 15 is 0 Å². The number of thioether (sulfide) groups is 1. The van der Waals surface area contributed by atoms with E-state index in [4.69, 9.17) is 5.73 Å². The predicted molar refractivity (Wildman–Crippen MR) is 60.1 cm³/mol. The lowest BCUT2D eigenvalue weighted by atomic mass is 10.3. The molecule has 0 bridgehead atoms. The summed E-state index contributed by atoms with van der Waals surface area (Å²) < 4.78 is 1.75. The third-order valence-electron chi connectivity index (χ3n) is 1.99. The molecule has 0 unspecified atom stereocenters. The van der Waals surface area contributed by atoms with Crippen LogP contribution in [0.3, 0.4) is 0 Å². The van der Waals surface area contributed by atoms with E-state index in [1.807, 2.05) is 6.26 Å². The Morgan fingerprint density at radius 1 is 1.73 bits per heavy atom. The molecule has 84 valence electrons. The van der Waals surface area contributed by atoms with Crippen LogP contribution in [0, 0.1) is 6.92 Å². The highest BCUT2D eigenvalue weighted by molar-refractivity contribution is 7.98. The average Bonchev–Trinajstić information content (AvgIpc) is 2.22. The maximum atomic E-state index is 11.3. The van der Waals surface area contributed by atoms with Gasteiger partial charge in [-0.3, -0.25) is 4.79 Å². The first-order chi connectivity index (χ1) is 7.08. The van der Waals surface area contributed by atoms with Gasteiger partial charge in [0.15, 0.2) is 5.16 Å². The number of aliphatic hydroxyl groups is 1. The van der Waals surface area contributed by atoms with Crippen molar-refractivity contribution in [2.75, 3.05) is 12.8 Å². The zero-order valence-electron chi connectivity index (χ0n) is 8.80. The Morgan fingerprint density at radius 2 is 2.40 bits per heavy atom. The lowest BCUT2D eigenvalue weighted by Gasteiger charge is -2.14. The van der Waals surface area contributed by atoms with Gasteiger partial charge in [-0.05, 0) is 13.2 Å². The molecule has 1 aromatic rings. The Labute approximate surface area is 92.3 Å². The number of hydrogen-bond donors (Lipinski definition) is 2. The van der Waals surface area contributed by atoms with Crippen LogP contribution >= 0.6 is 11.8 Å². The number of hydrogen-bond acceptors (Lipinski definition) is 5. The van der Waals surface area contributed by atoms with Crippen molar-refractivity contribution in [2.24, 2.45) is 5.73 Å². The topological polar surface area (TPSA) is 81.1 Å². The molecule has 1 aromatic heterocycles. The van der Waals surface area contributed by atoms with Crippen LogP contribution in [0.2, 0.25) is 0 Å². The molecule has 3 N–H and O–H groups in total. The lowest BCUT2D eigenvalue weighted by molar-refractivity contribution is 0.157. The smallest absolute Gasteiger partial charge is 0.276 e. The zero-order chi connectivity index (χ0) is 11.4. The molecule has 0 spiro atoms. The molecule has 1 atom stereocenters. The second-order valence-corrected chi connectivity index (χ2v) is 4.03. The summed E-state index contributed by atoms with van der Waals surface area (Å²) in [5.74, 6) is 0. The molecule has 5 nitrogen and oxygen atoms in total. The minimum atomic E-state index is -0.611. The van der Waals surface area contributed by atoms with Crippen LogP contribution in [0.1, 0.15) is 5.56 Å². The quantitative estimate of drug-likeness (QED) is 0.542. The molecule has 0 aromatic carbocycles. The monoisotopic (exact) mass is 229 g/mol. The van der Waals surface area contributed by atoms with Crippen molar-refractivity contribution in [1.82, 2.24) is 9.55 Å². The number of aliphatic hydroxyl groups excluding tert-OH is 1. The molecule has 6 heteroatoms. The van der Waals surface area contributed by atoms with Crippen molar-refractivity contribution >= 4 is 11.8 Å². The van der Waals surface area contributed by atoms with E-state index in [1.54, 1.807) is 17.7 Å². The molecule has 0 saturated heterocycles. The van der Waals surface area contributed by atoms with Crippen LogP contribution in [-0.2, 0) is 6.54 Å². The maximum Gasteiger partial charge on any atom is 0.276 e. The van der Waals surface area contributed by atoms with Gasteiger partial charge >= 0.3 is 0 Å². The molecule has 0 aliphatic rings. The van der Waals surface area contributed by atoms with Crippen molar-refractivity contribution < 1.29 is 5.11 Å². The minimum absolute atomic E-state index is 0.193. The fourth-order valence-corrected chi connectivity index (χ4v) is 1.71. The van der Waals surface area contributed by atoms with Crippen molar-refractivity contribution in [2.45, 2.75) is 24.7 Å². The number of rotatable bonds is 4. The Balaban J connectivity index is 3.05. The van der Waals surface area contributed by atoms with Crippen LogP contribution in [0.5, 0.6) is 0 Å². The molecular formula is C9H15N3O2S. The largest absolute Gasteiger partial charge is 0.390 e. The highest BCUT2D eigenvalue weighted by Crippen LogP contribution is 2.10. The van der Waals surface area contributed by atoms with E-state index in [-0.39, 0.29) is 12.1 Å². The molecule has 0 amide bonds. The average molecular weight is 229 g/mol. The first-order valence-corrected chi connectivity index (χ1v) is 5.81. The van der Waals surface area contributed by atoms with Gasteiger partial charge in [-0.25, -0.2) is 0 Å². The van der Waals surface area contributed by atoms with Crippen LogP contribution in [0.4, 0.5) is 0 Å². The second kappa shape index (κ2) is 5.29. The summed E-state index contributed by atoms with van der Waals surface area (Å²) in [5, 5.41) is 10.0. The van der Waals surface area contributed by atoms with E-state index in [1.165, 1.54) is 11.8 Å². The summed E-state index contributed by atoms with van der Waals surface area (Å²) in [7, 11) is 0. The van der Waals surface area contributed by atoms with Crippen molar-refractivity contribution in [3.8, 4) is 0 Å². The van der Waals surface area contributed by atoms with Crippen molar-refractivity contribution in [1.29, 1.82) is 0 Å². The van der Waals surface area contributed by atoms with Gasteiger partial charge in [0.1, 0.15) is 0 Å². The Bertz CT molecular complexity index is 391. The second-order valence-electron chi connectivity index (χ2n) is 3.26. The van der Waals surface area contributed by atoms with Gasteiger partial charge in [0.2, 0.25) is 0 Å². The van der Waals surface area contributed by atoms with Gasteiger partial charge in [0, 0.05) is 18.3 Å². The van der Waals surface area contributed by atoms with Crippen molar-refractivity contribution in [3.63, 3.8) is 0 Å². The number of aromatic nitrogens is 2. The molecule has 1 heterocycles. The van der Waals surface area contributed by atoms with Gasteiger partial charge < -0.3 is 15.4 Å². The van der Waals surface area contributed by atoms with E-state index < -0.39 is 6.10 Å². The molecule has 15 heavy (non-hydrogen) atoms. The van der Waals surface area contributed by atoms with Crippen LogP contribution in [0.15, 0.2) is 16.1 Å². The fraction of sp³-hybridized carbons (Fsp3) is 0.556. The molecule has 0 aliphatic heterocycles. The first kappa shape index (κ1) is 12.2. The van der Waals surface area contributed by atoms with E-state index in [0.29, 0.717) is 17.3 Å². The Morgan fingerprint density at radius 3 is 2.93 bits per heavy atom. The van der Waals surface area contributed by atoms with Gasteiger partial charge in [0.25, 0.3) is 5.56 Å². The first-order valence-electron chi connectivity index (χ1n) is 4.58. The SMILES string of the molecule is CSc1nc(=O)c(C)cn1C[C@H](O)CN. The normalized spacial score (nSPS) is 12.8. The van der Waals surface area contributed by atoms with Gasteiger partial charge in [-0.15, -0.1) is 0 Å². The third kappa shape index (κ3) is 3.05. The van der Waals surface area contributed by atoms with Crippen LogP contribution in [0.25, 0.3) is 0 Å². The number of nitrogens with two attached hydrogens (primary N) is 1. The molecule has 1 rings (SSSR count). The Kier molecular flexibility index (Phi) is 4.31. The van der Waals surface area contributed by atoms with E-state index in [9.17, 15) is 9.90 Å². The number of nitrogens with zero attached hydrogens (tertiary/aromatic N) is 2. The summed E-state index contributed by atoms with van der Waals surface area (Å²) >= 11 is 1.37. The van der Waals surface area contributed by atoms with Crippen LogP contribution in [-0.4, -0.2) is 33.6 Å². The fourth-order valence-electron chi connectivity index (χ4n) is 1.18. The zero-order valence-corrected chi connectivity index (χ0v) is 9.62. The lowest BCUT2D eigenvalue weighted by Crippen LogP contribution is -2.27. The minimum Gasteiger partial charge on any atom is -0.390 e. The molecule has 0 saturated carbocycles. The molecular weight excluding hydrogens is 214 g/mol. The molecule has 0 fully saturated rings. The molecule has 0 aliphatic carbocycles. The van der Waals surface area contributed by atoms with E-state index in [2.05, 4.69) is 4.98 Å². The summed E-state index contributed by atoms with van der Waals surface area (Å²) in [6.07, 6.45) is 2.92. The number of aryl methyl sites for hydroxylation is 1. The van der Waals surface area contributed by atoms with Gasteiger partial charge in [0.05, 0.1) is 12.6 Å². The highest BCUT2D eigenvalue weighted by Gasteiger charge is 2.08. The third-order valence-corrected chi connectivity index (χ3v) is 2.68. The van der Waals surface area contributed by atoms with Gasteiger partial charge in [-0.1, -0.05) is 11.8 Å². The standard InChI is InChI=1S/C9H15N3O2S/c1-6-4-12(5-7(13)3-10)9(15-2)11-8(6)14/h4,7,13H,3,5,10H2,1-2H3/t7-/m1/s1. The summed E-state index contributed by atoms with van der Waals surface area (Å²) in [6, 6.07) is 0. The summed E-state index contributed by atoms with van der Waals surface area (Å²) in [5.41, 5.74) is 5.67. The Hall–Kier alpha value is -0.850. The highest BCUT2D eigenvalue weighted by atomic mass is 32.2. The maximum absolute atomic E-state index is 11.3. The summed E-state index contributed by atoms with van der Waals surface area (Å²) in [4.78, 5) is 15.2. The van der Waals surface area contributed by atoms with E-state index in [0.717, 1.165) is 0 Å².